The first-order valence-corrected chi connectivity index (χ1v) is 6.27. The highest BCUT2D eigenvalue weighted by Gasteiger charge is 2.31. The maximum atomic E-state index is 12.3. The molecule has 0 heterocycles. The van der Waals surface area contributed by atoms with Gasteiger partial charge in [0, 0.05) is 6.04 Å². The molecule has 0 aromatic rings. The Hall–Kier alpha value is -0.290. The third-order valence-corrected chi connectivity index (χ3v) is 2.70. The number of halogens is 3. The summed E-state index contributed by atoms with van der Waals surface area (Å²) in [6.45, 7) is 9.15. The van der Waals surface area contributed by atoms with Crippen molar-refractivity contribution in [1.82, 2.24) is 10.2 Å². The first kappa shape index (κ1) is 16.7. The summed E-state index contributed by atoms with van der Waals surface area (Å²) in [4.78, 5) is 1.47. The van der Waals surface area contributed by atoms with Crippen LogP contribution in [0.3, 0.4) is 0 Å². The monoisotopic (exact) mass is 254 g/mol. The van der Waals surface area contributed by atoms with E-state index in [2.05, 4.69) is 19.2 Å². The van der Waals surface area contributed by atoms with Gasteiger partial charge in [-0.2, -0.15) is 13.2 Å². The average molecular weight is 254 g/mol. The molecule has 104 valence electrons. The molecule has 1 N–H and O–H groups in total. The summed E-state index contributed by atoms with van der Waals surface area (Å²) in [6.07, 6.45) is -3.35. The van der Waals surface area contributed by atoms with E-state index in [0.717, 1.165) is 19.5 Å². The van der Waals surface area contributed by atoms with E-state index in [1.54, 1.807) is 6.92 Å². The number of rotatable bonds is 8. The quantitative estimate of drug-likeness (QED) is 0.670. The Morgan fingerprint density at radius 3 is 2.18 bits per heavy atom. The van der Waals surface area contributed by atoms with Crippen LogP contribution >= 0.6 is 0 Å². The van der Waals surface area contributed by atoms with Crippen LogP contribution in [0.2, 0.25) is 0 Å². The van der Waals surface area contributed by atoms with Crippen LogP contribution in [-0.2, 0) is 0 Å². The number of nitrogens with zero attached hydrogens (tertiary/aromatic N) is 1. The van der Waals surface area contributed by atoms with E-state index >= 15 is 0 Å². The van der Waals surface area contributed by atoms with E-state index in [1.165, 1.54) is 4.90 Å². The van der Waals surface area contributed by atoms with Gasteiger partial charge in [-0.15, -0.1) is 0 Å². The Balaban J connectivity index is 3.88. The van der Waals surface area contributed by atoms with Crippen molar-refractivity contribution in [2.45, 2.75) is 46.3 Å². The van der Waals surface area contributed by atoms with E-state index in [1.807, 2.05) is 6.92 Å². The second-order valence-corrected chi connectivity index (χ2v) is 4.91. The van der Waals surface area contributed by atoms with Crippen molar-refractivity contribution in [2.24, 2.45) is 5.92 Å². The SMILES string of the molecule is CCN(CC(F)(F)F)C(C)CCNCC(C)C. The molecule has 0 spiro atoms. The van der Waals surface area contributed by atoms with E-state index < -0.39 is 12.7 Å². The minimum atomic E-state index is -4.10. The summed E-state index contributed by atoms with van der Waals surface area (Å²) >= 11 is 0. The molecule has 0 rings (SSSR count). The van der Waals surface area contributed by atoms with Crippen LogP contribution < -0.4 is 5.32 Å². The van der Waals surface area contributed by atoms with Gasteiger partial charge in [0.05, 0.1) is 6.54 Å². The lowest BCUT2D eigenvalue weighted by Gasteiger charge is -2.28. The van der Waals surface area contributed by atoms with Gasteiger partial charge in [0.1, 0.15) is 0 Å². The van der Waals surface area contributed by atoms with Crippen molar-refractivity contribution in [3.63, 3.8) is 0 Å². The number of alkyl halides is 3. The Morgan fingerprint density at radius 1 is 1.18 bits per heavy atom. The summed E-state index contributed by atoms with van der Waals surface area (Å²) in [5, 5.41) is 3.25. The van der Waals surface area contributed by atoms with E-state index in [0.29, 0.717) is 12.5 Å². The molecule has 0 aromatic heterocycles. The second kappa shape index (κ2) is 7.93. The van der Waals surface area contributed by atoms with Gasteiger partial charge in [-0.3, -0.25) is 4.90 Å². The van der Waals surface area contributed by atoms with Gasteiger partial charge in [0.25, 0.3) is 0 Å². The minimum absolute atomic E-state index is 0.0405. The van der Waals surface area contributed by atoms with Crippen LogP contribution in [0.5, 0.6) is 0 Å². The fourth-order valence-corrected chi connectivity index (χ4v) is 1.69. The smallest absolute Gasteiger partial charge is 0.316 e. The molecular weight excluding hydrogens is 229 g/mol. The molecule has 0 saturated heterocycles. The van der Waals surface area contributed by atoms with Crippen LogP contribution in [-0.4, -0.2) is 43.3 Å². The van der Waals surface area contributed by atoms with Crippen LogP contribution in [0.1, 0.15) is 34.1 Å². The predicted molar refractivity (Wildman–Crippen MR) is 65.1 cm³/mol. The molecule has 0 bridgehead atoms. The summed E-state index contributed by atoms with van der Waals surface area (Å²) in [7, 11) is 0. The minimum Gasteiger partial charge on any atom is -0.316 e. The van der Waals surface area contributed by atoms with Gasteiger partial charge in [0.2, 0.25) is 0 Å². The summed E-state index contributed by atoms with van der Waals surface area (Å²) < 4.78 is 36.9. The second-order valence-electron chi connectivity index (χ2n) is 4.91. The van der Waals surface area contributed by atoms with Gasteiger partial charge >= 0.3 is 6.18 Å². The number of nitrogens with one attached hydrogen (secondary N) is 1. The van der Waals surface area contributed by atoms with Crippen LogP contribution in [0, 0.1) is 5.92 Å². The molecule has 0 aliphatic heterocycles. The van der Waals surface area contributed by atoms with Crippen molar-refractivity contribution in [1.29, 1.82) is 0 Å². The van der Waals surface area contributed by atoms with Crippen LogP contribution in [0.15, 0.2) is 0 Å². The van der Waals surface area contributed by atoms with Crippen molar-refractivity contribution >= 4 is 0 Å². The van der Waals surface area contributed by atoms with Gasteiger partial charge in [0.15, 0.2) is 0 Å². The molecule has 0 aliphatic rings. The Morgan fingerprint density at radius 2 is 1.76 bits per heavy atom. The zero-order valence-corrected chi connectivity index (χ0v) is 11.3. The van der Waals surface area contributed by atoms with Crippen LogP contribution in [0.4, 0.5) is 13.2 Å². The van der Waals surface area contributed by atoms with Crippen LogP contribution in [0.25, 0.3) is 0 Å². The topological polar surface area (TPSA) is 15.3 Å². The van der Waals surface area contributed by atoms with E-state index in [9.17, 15) is 13.2 Å². The molecule has 0 amide bonds. The van der Waals surface area contributed by atoms with Gasteiger partial charge in [-0.25, -0.2) is 0 Å². The molecule has 0 aromatic carbocycles. The normalized spacial score (nSPS) is 14.6. The predicted octanol–water partition coefficient (Wildman–Crippen LogP) is 2.89. The molecule has 5 heteroatoms. The highest BCUT2D eigenvalue weighted by molar-refractivity contribution is 4.70. The molecule has 17 heavy (non-hydrogen) atoms. The third-order valence-electron chi connectivity index (χ3n) is 2.70. The maximum Gasteiger partial charge on any atom is 0.401 e. The molecule has 0 aliphatic carbocycles. The summed E-state index contributed by atoms with van der Waals surface area (Å²) in [6, 6.07) is -0.0405. The highest BCUT2D eigenvalue weighted by atomic mass is 19.4. The Kier molecular flexibility index (Phi) is 7.79. The largest absolute Gasteiger partial charge is 0.401 e. The zero-order valence-electron chi connectivity index (χ0n) is 11.3. The number of hydrogen-bond donors (Lipinski definition) is 1. The van der Waals surface area contributed by atoms with Crippen molar-refractivity contribution < 1.29 is 13.2 Å². The lowest BCUT2D eigenvalue weighted by Crippen LogP contribution is -2.41. The van der Waals surface area contributed by atoms with E-state index in [-0.39, 0.29) is 6.04 Å². The first-order valence-electron chi connectivity index (χ1n) is 6.27. The third kappa shape index (κ3) is 9.41. The number of hydrogen-bond acceptors (Lipinski definition) is 2. The maximum absolute atomic E-state index is 12.3. The zero-order chi connectivity index (χ0) is 13.5. The van der Waals surface area contributed by atoms with Crippen molar-refractivity contribution in [3.05, 3.63) is 0 Å². The molecule has 1 unspecified atom stereocenters. The molecular formula is C12H25F3N2. The molecule has 0 fully saturated rings. The summed E-state index contributed by atoms with van der Waals surface area (Å²) in [5.74, 6) is 0.572. The molecule has 2 nitrogen and oxygen atoms in total. The molecule has 0 radical (unpaired) electrons. The Bertz CT molecular complexity index is 193. The Labute approximate surface area is 103 Å². The van der Waals surface area contributed by atoms with Crippen molar-refractivity contribution in [2.75, 3.05) is 26.2 Å². The van der Waals surface area contributed by atoms with Gasteiger partial charge in [-0.05, 0) is 38.9 Å². The molecule has 0 saturated carbocycles. The van der Waals surface area contributed by atoms with Gasteiger partial charge in [-0.1, -0.05) is 20.8 Å². The highest BCUT2D eigenvalue weighted by Crippen LogP contribution is 2.18. The average Bonchev–Trinajstić information content (AvgIpc) is 2.19. The van der Waals surface area contributed by atoms with Gasteiger partial charge < -0.3 is 5.32 Å². The lowest BCUT2D eigenvalue weighted by atomic mass is 10.2. The first-order chi connectivity index (χ1) is 7.76. The lowest BCUT2D eigenvalue weighted by molar-refractivity contribution is -0.149. The van der Waals surface area contributed by atoms with E-state index in [4.69, 9.17) is 0 Å². The van der Waals surface area contributed by atoms with Crippen molar-refractivity contribution in [3.8, 4) is 0 Å². The fourth-order valence-electron chi connectivity index (χ4n) is 1.69. The fraction of sp³-hybridized carbons (Fsp3) is 1.00. The molecule has 1 atom stereocenters. The standard InChI is InChI=1S/C12H25F3N2/c1-5-17(9-12(13,14)15)11(4)6-7-16-8-10(2)3/h10-11,16H,5-9H2,1-4H3. The summed E-state index contributed by atoms with van der Waals surface area (Å²) in [5.41, 5.74) is 0.